The largest absolute Gasteiger partial charge is 0.472 e. The minimum absolute atomic E-state index is 0.00990. The Morgan fingerprint density at radius 2 is 0.636 bits per heavy atom. The van der Waals surface area contributed by atoms with Crippen LogP contribution in [0.25, 0.3) is 0 Å². The highest BCUT2D eigenvalue weighted by Gasteiger charge is 2.60. The van der Waals surface area contributed by atoms with E-state index in [1.807, 2.05) is 0 Å². The first-order valence-corrected chi connectivity index (χ1v) is 49.1. The molecule has 1 saturated carbocycles. The van der Waals surface area contributed by atoms with E-state index in [4.69, 9.17) is 46.9 Å². The molecule has 0 radical (unpaired) electrons. The zero-order valence-corrected chi connectivity index (χ0v) is 74.6. The molecule has 18 unspecified atom stereocenters. The van der Waals surface area contributed by atoms with Crippen molar-refractivity contribution in [2.24, 2.45) is 0 Å². The highest BCUT2D eigenvalue weighted by molar-refractivity contribution is 7.47. The number of hydrogen-bond donors (Lipinski definition) is 10. The lowest BCUT2D eigenvalue weighted by Gasteiger charge is -2.50. The summed E-state index contributed by atoms with van der Waals surface area (Å²) in [5.74, 6) is -2.96. The van der Waals surface area contributed by atoms with Gasteiger partial charge in [0.25, 0.3) is 0 Å². The van der Waals surface area contributed by atoms with Crippen LogP contribution in [0.2, 0.25) is 0 Å². The van der Waals surface area contributed by atoms with Gasteiger partial charge < -0.3 is 88.7 Å². The molecule has 2 aliphatic heterocycles. The number of carbonyl (C=O) groups is 4. The number of rotatable bonds is 77. The third-order valence-corrected chi connectivity index (χ3v) is 24.2. The predicted octanol–water partition coefficient (Wildman–Crippen LogP) is 17.7. The van der Waals surface area contributed by atoms with Crippen molar-refractivity contribution in [3.05, 3.63) is 24.3 Å². The Bertz CT molecular complexity index is 2550. The fraction of sp³-hybridized carbons (Fsp3) is 0.913. The summed E-state index contributed by atoms with van der Waals surface area (Å²) < 4.78 is 73.5. The Labute approximate surface area is 711 Å². The molecule has 692 valence electrons. The smallest absolute Gasteiger partial charge is 0.463 e. The lowest BCUT2D eigenvalue weighted by Crippen LogP contribution is -2.70. The van der Waals surface area contributed by atoms with Crippen LogP contribution in [0.15, 0.2) is 24.3 Å². The Hall–Kier alpha value is -3.05. The normalized spacial score (nSPS) is 25.0. The van der Waals surface area contributed by atoms with Crippen LogP contribution in [0.1, 0.15) is 407 Å². The van der Waals surface area contributed by atoms with Crippen LogP contribution in [-0.2, 0) is 70.7 Å². The second-order valence-electron chi connectivity index (χ2n) is 33.9. The number of hydrogen-bond acceptors (Lipinski definition) is 24. The molecule has 1 aliphatic carbocycles. The third-order valence-electron chi connectivity index (χ3n) is 23.2. The Morgan fingerprint density at radius 1 is 0.331 bits per heavy atom. The van der Waals surface area contributed by atoms with Gasteiger partial charge in [0.2, 0.25) is 0 Å². The molecule has 3 aliphatic rings. The Kier molecular flexibility index (Phi) is 65.8. The molecule has 0 aromatic heterocycles. The zero-order valence-electron chi connectivity index (χ0n) is 73.7. The lowest BCUT2D eigenvalue weighted by molar-refractivity contribution is -0.360. The summed E-state index contributed by atoms with van der Waals surface area (Å²) in [6.07, 6.45) is 31.5. The molecule has 2 heterocycles. The summed E-state index contributed by atoms with van der Waals surface area (Å²) in [5.41, 5.74) is 0. The Balaban J connectivity index is 1.91. The average molecular weight is 1710 g/mol. The van der Waals surface area contributed by atoms with Crippen molar-refractivity contribution >= 4 is 31.7 Å². The molecule has 0 aromatic carbocycles. The SMILES string of the molecule is CCCCCC/C=C\CCCCCCCCCC(=O)OCC1OC(OC2C(OC(=O)CCCCCCCCCCCCCCCCCC)C(O)C(O)C(OC3OC(CO)C(O)C(O)C3O)C2OP(=O)(O)OCC(COC(=O)CCCCCCCCCCCCCCC)OC(=O)CCCCCCCCC/C=C\CCCCCC)C(O)C(O)C1O. The molecule has 0 amide bonds. The van der Waals surface area contributed by atoms with E-state index in [0.717, 1.165) is 161 Å². The van der Waals surface area contributed by atoms with Crippen LogP contribution in [-0.4, -0.2) is 205 Å². The van der Waals surface area contributed by atoms with Gasteiger partial charge in [-0.2, -0.15) is 0 Å². The summed E-state index contributed by atoms with van der Waals surface area (Å²) in [4.78, 5) is 66.5. The molecular weight excluding hydrogens is 1540 g/mol. The van der Waals surface area contributed by atoms with Crippen LogP contribution in [0.4, 0.5) is 0 Å². The molecule has 25 nitrogen and oxygen atoms in total. The molecular formula is C92H169O25P. The molecule has 118 heavy (non-hydrogen) atoms. The monoisotopic (exact) mass is 1710 g/mol. The quantitative estimate of drug-likeness (QED) is 0.00889. The van der Waals surface area contributed by atoms with Gasteiger partial charge in [0.1, 0.15) is 92.6 Å². The number of aliphatic hydroxyl groups excluding tert-OH is 9. The summed E-state index contributed by atoms with van der Waals surface area (Å²) in [6, 6.07) is 0. The predicted molar refractivity (Wildman–Crippen MR) is 458 cm³/mol. The molecule has 0 spiro atoms. The van der Waals surface area contributed by atoms with E-state index in [-0.39, 0.29) is 25.7 Å². The second-order valence-corrected chi connectivity index (χ2v) is 35.3. The lowest BCUT2D eigenvalue weighted by atomic mass is 9.84. The molecule has 10 N–H and O–H groups in total. The van der Waals surface area contributed by atoms with Crippen LogP contribution >= 0.6 is 7.82 Å². The van der Waals surface area contributed by atoms with Gasteiger partial charge in [0, 0.05) is 25.7 Å². The van der Waals surface area contributed by atoms with Gasteiger partial charge in [-0.25, -0.2) is 4.57 Å². The third kappa shape index (κ3) is 50.8. The van der Waals surface area contributed by atoms with Crippen LogP contribution in [0.3, 0.4) is 0 Å². The minimum atomic E-state index is -5.81. The molecule has 0 aromatic rings. The summed E-state index contributed by atoms with van der Waals surface area (Å²) >= 11 is 0. The molecule has 3 fully saturated rings. The van der Waals surface area contributed by atoms with Gasteiger partial charge in [-0.3, -0.25) is 28.2 Å². The van der Waals surface area contributed by atoms with E-state index in [9.17, 15) is 74.6 Å². The Morgan fingerprint density at radius 3 is 1.02 bits per heavy atom. The van der Waals surface area contributed by atoms with Gasteiger partial charge in [0.15, 0.2) is 24.8 Å². The molecule has 3 rings (SSSR count). The van der Waals surface area contributed by atoms with Gasteiger partial charge >= 0.3 is 31.7 Å². The van der Waals surface area contributed by atoms with Crippen LogP contribution in [0.5, 0.6) is 0 Å². The molecule has 2 saturated heterocycles. The van der Waals surface area contributed by atoms with Crippen molar-refractivity contribution in [3.63, 3.8) is 0 Å². The number of esters is 4. The first-order valence-electron chi connectivity index (χ1n) is 47.6. The van der Waals surface area contributed by atoms with Gasteiger partial charge in [0.05, 0.1) is 13.2 Å². The molecule has 0 bridgehead atoms. The van der Waals surface area contributed by atoms with Gasteiger partial charge in [-0.1, -0.05) is 328 Å². The standard InChI is InChI=1S/C92H169O25P/c1-5-9-13-17-21-25-29-33-36-39-43-47-51-55-59-63-67-78(97)114-87-83(102)84(103)88(115-91-85(104)81(100)79(98)73(68-93)112-91)90(89(87)116-92-86(105)82(101)80(99)74(113-92)71-109-76(95)65-61-57-53-49-45-41-37-34-30-26-22-18-14-10-6-2)117-118(106,107)110-70-72(69-108-75(94)64-60-56-52-48-44-40-32-28-24-20-16-12-8-4)111-77(96)66-62-58-54-50-46-42-38-35-31-27-23-19-15-11-7-3/h26-27,30-31,72-74,79-93,98-105H,5-25,28-29,32-71H2,1-4H3,(H,106,107)/b30-26-,31-27-. The number of aliphatic hydroxyl groups is 9. The highest BCUT2D eigenvalue weighted by atomic mass is 31.2. The summed E-state index contributed by atoms with van der Waals surface area (Å²) in [7, 11) is -5.81. The van der Waals surface area contributed by atoms with Crippen molar-refractivity contribution in [2.75, 3.05) is 26.4 Å². The first-order chi connectivity index (χ1) is 57.2. The van der Waals surface area contributed by atoms with E-state index in [0.29, 0.717) is 38.5 Å². The minimum Gasteiger partial charge on any atom is -0.463 e. The molecule has 26 heteroatoms. The number of allylic oxidation sites excluding steroid dienone is 4. The number of unbranched alkanes of at least 4 members (excludes halogenated alkanes) is 49. The fourth-order valence-electron chi connectivity index (χ4n) is 15.6. The second kappa shape index (κ2) is 71.1. The van der Waals surface area contributed by atoms with E-state index in [1.165, 1.54) is 154 Å². The van der Waals surface area contributed by atoms with Gasteiger partial charge in [-0.05, 0) is 77.0 Å². The van der Waals surface area contributed by atoms with Crippen molar-refractivity contribution < 1.29 is 122 Å². The van der Waals surface area contributed by atoms with Crippen LogP contribution in [0, 0.1) is 0 Å². The maximum atomic E-state index is 14.9. The first kappa shape index (κ1) is 109. The van der Waals surface area contributed by atoms with E-state index < -0.39 is 162 Å². The number of phosphoric acid groups is 1. The van der Waals surface area contributed by atoms with Crippen molar-refractivity contribution in [1.82, 2.24) is 0 Å². The zero-order chi connectivity index (χ0) is 86.1. The molecule has 18 atom stereocenters. The van der Waals surface area contributed by atoms with E-state index in [1.54, 1.807) is 0 Å². The maximum Gasteiger partial charge on any atom is 0.472 e. The van der Waals surface area contributed by atoms with Crippen molar-refractivity contribution in [3.8, 4) is 0 Å². The van der Waals surface area contributed by atoms with E-state index in [2.05, 4.69) is 52.0 Å². The number of ether oxygens (including phenoxy) is 8. The van der Waals surface area contributed by atoms with E-state index >= 15 is 0 Å². The van der Waals surface area contributed by atoms with Crippen molar-refractivity contribution in [1.29, 1.82) is 0 Å². The maximum absolute atomic E-state index is 14.9. The topological polar surface area (TPSA) is 380 Å². The number of phosphoric ester groups is 1. The fourth-order valence-corrected chi connectivity index (χ4v) is 16.6. The summed E-state index contributed by atoms with van der Waals surface area (Å²) in [5, 5.41) is 102. The van der Waals surface area contributed by atoms with Gasteiger partial charge in [-0.15, -0.1) is 0 Å². The van der Waals surface area contributed by atoms with Crippen LogP contribution < -0.4 is 0 Å². The number of carbonyl (C=O) groups excluding carboxylic acids is 4. The summed E-state index contributed by atoms with van der Waals surface area (Å²) in [6.45, 7) is 5.59. The van der Waals surface area contributed by atoms with Crippen molar-refractivity contribution in [2.45, 2.75) is 511 Å². The highest BCUT2D eigenvalue weighted by Crippen LogP contribution is 2.49. The average Bonchev–Trinajstić information content (AvgIpc) is 0.756.